The van der Waals surface area contributed by atoms with Crippen molar-refractivity contribution < 1.29 is 27.5 Å². The van der Waals surface area contributed by atoms with Crippen LogP contribution in [0, 0.1) is 0 Å². The van der Waals surface area contributed by atoms with E-state index >= 15 is 0 Å². The number of halogens is 3. The molecule has 0 spiro atoms. The summed E-state index contributed by atoms with van der Waals surface area (Å²) in [6, 6.07) is 5.31. The summed E-state index contributed by atoms with van der Waals surface area (Å²) in [6.45, 7) is 0.844. The highest BCUT2D eigenvalue weighted by Crippen LogP contribution is 2.21. The summed E-state index contributed by atoms with van der Waals surface area (Å²) in [7, 11) is 1.43. The molecule has 0 saturated heterocycles. The predicted molar refractivity (Wildman–Crippen MR) is 87.2 cm³/mol. The molecule has 0 fully saturated rings. The van der Waals surface area contributed by atoms with Gasteiger partial charge < -0.3 is 15.4 Å². The molecule has 0 aliphatic rings. The third-order valence-electron chi connectivity index (χ3n) is 3.27. The van der Waals surface area contributed by atoms with Gasteiger partial charge >= 0.3 is 6.18 Å². The number of benzene rings is 1. The number of anilines is 1. The maximum Gasteiger partial charge on any atom is 0.422 e. The van der Waals surface area contributed by atoms with Crippen LogP contribution in [0.2, 0.25) is 0 Å². The lowest BCUT2D eigenvalue weighted by atomic mass is 10.2. The number of ether oxygens (including phenoxy) is 1. The molecule has 2 N–H and O–H groups in total. The normalized spacial score (nSPS) is 11.1. The number of hydrogen-bond acceptors (Lipinski definition) is 4. The maximum atomic E-state index is 12.4. The molecule has 0 unspecified atom stereocenters. The van der Waals surface area contributed by atoms with Crippen LogP contribution in [0.15, 0.2) is 30.5 Å². The molecule has 0 bridgehead atoms. The average molecular weight is 370 g/mol. The van der Waals surface area contributed by atoms with Gasteiger partial charge in [-0.05, 0) is 25.1 Å². The van der Waals surface area contributed by atoms with E-state index < -0.39 is 24.6 Å². The molecule has 7 nitrogen and oxygen atoms in total. The van der Waals surface area contributed by atoms with Crippen LogP contribution in [0.4, 0.5) is 18.9 Å². The molecule has 140 valence electrons. The van der Waals surface area contributed by atoms with Gasteiger partial charge in [0.25, 0.3) is 11.8 Å². The van der Waals surface area contributed by atoms with E-state index in [-0.39, 0.29) is 22.7 Å². The molecule has 26 heavy (non-hydrogen) atoms. The largest absolute Gasteiger partial charge is 0.484 e. The summed E-state index contributed by atoms with van der Waals surface area (Å²) >= 11 is 0. The molecule has 0 radical (unpaired) electrons. The van der Waals surface area contributed by atoms with Gasteiger partial charge in [-0.15, -0.1) is 0 Å². The second-order valence-electron chi connectivity index (χ2n) is 5.21. The van der Waals surface area contributed by atoms with Crippen molar-refractivity contribution in [2.45, 2.75) is 19.6 Å². The number of alkyl halides is 3. The highest BCUT2D eigenvalue weighted by molar-refractivity contribution is 6.08. The average Bonchev–Trinajstić information content (AvgIpc) is 3.02. The SMILES string of the molecule is CCn1cc(NC(=O)c2cccc(OCC(F)(F)F)c2)c(C(=O)NC)n1. The van der Waals surface area contributed by atoms with Crippen LogP contribution in [-0.2, 0) is 6.54 Å². The smallest absolute Gasteiger partial charge is 0.422 e. The molecule has 0 aliphatic carbocycles. The zero-order valence-corrected chi connectivity index (χ0v) is 14.1. The summed E-state index contributed by atoms with van der Waals surface area (Å²) in [4.78, 5) is 24.2. The highest BCUT2D eigenvalue weighted by atomic mass is 19.4. The summed E-state index contributed by atoms with van der Waals surface area (Å²) in [5, 5.41) is 9.02. The van der Waals surface area contributed by atoms with Crippen LogP contribution in [0.25, 0.3) is 0 Å². The van der Waals surface area contributed by atoms with Crippen LogP contribution in [-0.4, -0.2) is 41.4 Å². The zero-order valence-electron chi connectivity index (χ0n) is 14.1. The van der Waals surface area contributed by atoms with E-state index in [4.69, 9.17) is 0 Å². The first-order valence-electron chi connectivity index (χ1n) is 7.64. The number of hydrogen-bond donors (Lipinski definition) is 2. The van der Waals surface area contributed by atoms with E-state index in [1.165, 1.54) is 42.2 Å². The van der Waals surface area contributed by atoms with Gasteiger partial charge in [0.15, 0.2) is 12.3 Å². The number of amides is 2. The van der Waals surface area contributed by atoms with Crippen LogP contribution in [0.5, 0.6) is 5.75 Å². The van der Waals surface area contributed by atoms with Gasteiger partial charge in [0.2, 0.25) is 0 Å². The fourth-order valence-electron chi connectivity index (χ4n) is 2.05. The lowest BCUT2D eigenvalue weighted by Gasteiger charge is -2.10. The standard InChI is InChI=1S/C16H17F3N4O3/c1-3-23-8-12(13(22-23)15(25)20-2)21-14(24)10-5-4-6-11(7-10)26-9-16(17,18)19/h4-8H,3,9H2,1-2H3,(H,20,25)(H,21,24). The lowest BCUT2D eigenvalue weighted by Crippen LogP contribution is -2.21. The summed E-state index contributed by atoms with van der Waals surface area (Å²) in [5.74, 6) is -1.18. The molecule has 1 heterocycles. The van der Waals surface area contributed by atoms with Crippen molar-refractivity contribution >= 4 is 17.5 Å². The van der Waals surface area contributed by atoms with Crippen molar-refractivity contribution in [3.8, 4) is 5.75 Å². The van der Waals surface area contributed by atoms with Crippen molar-refractivity contribution in [2.75, 3.05) is 19.0 Å². The molecule has 1 aromatic carbocycles. The number of aryl methyl sites for hydroxylation is 1. The van der Waals surface area contributed by atoms with E-state index in [0.717, 1.165) is 0 Å². The Labute approximate surface area is 147 Å². The molecule has 2 rings (SSSR count). The Morgan fingerprint density at radius 2 is 2.00 bits per heavy atom. The van der Waals surface area contributed by atoms with Gasteiger partial charge in [-0.2, -0.15) is 18.3 Å². The van der Waals surface area contributed by atoms with Crippen LogP contribution in [0.1, 0.15) is 27.8 Å². The van der Waals surface area contributed by atoms with Gasteiger partial charge in [0.1, 0.15) is 5.75 Å². The molecule has 1 aromatic heterocycles. The Balaban J connectivity index is 2.18. The lowest BCUT2D eigenvalue weighted by molar-refractivity contribution is -0.153. The first-order chi connectivity index (χ1) is 12.2. The molecule has 10 heteroatoms. The third kappa shape index (κ3) is 4.98. The Hall–Kier alpha value is -3.04. The molecular weight excluding hydrogens is 353 g/mol. The number of carbonyl (C=O) groups is 2. The third-order valence-corrected chi connectivity index (χ3v) is 3.27. The molecule has 0 saturated carbocycles. The van der Waals surface area contributed by atoms with Gasteiger partial charge in [-0.3, -0.25) is 14.3 Å². The quantitative estimate of drug-likeness (QED) is 0.818. The molecule has 2 aromatic rings. The Morgan fingerprint density at radius 1 is 1.27 bits per heavy atom. The minimum absolute atomic E-state index is 0.0344. The Morgan fingerprint density at radius 3 is 2.62 bits per heavy atom. The minimum atomic E-state index is -4.48. The first-order valence-corrected chi connectivity index (χ1v) is 7.64. The van der Waals surface area contributed by atoms with Crippen molar-refractivity contribution in [3.05, 3.63) is 41.7 Å². The Bertz CT molecular complexity index is 802. The van der Waals surface area contributed by atoms with Crippen molar-refractivity contribution in [1.82, 2.24) is 15.1 Å². The maximum absolute atomic E-state index is 12.4. The summed E-state index contributed by atoms with van der Waals surface area (Å²) < 4.78 is 42.8. The second-order valence-corrected chi connectivity index (χ2v) is 5.21. The van der Waals surface area contributed by atoms with E-state index in [9.17, 15) is 22.8 Å². The van der Waals surface area contributed by atoms with E-state index in [1.54, 1.807) is 0 Å². The number of nitrogens with one attached hydrogen (secondary N) is 2. The number of rotatable bonds is 6. The fraction of sp³-hybridized carbons (Fsp3) is 0.312. The highest BCUT2D eigenvalue weighted by Gasteiger charge is 2.28. The van der Waals surface area contributed by atoms with Gasteiger partial charge in [0.05, 0.1) is 5.69 Å². The van der Waals surface area contributed by atoms with Crippen LogP contribution >= 0.6 is 0 Å². The summed E-state index contributed by atoms with van der Waals surface area (Å²) in [5.41, 5.74) is 0.307. The van der Waals surface area contributed by atoms with Gasteiger partial charge in [-0.1, -0.05) is 6.07 Å². The van der Waals surface area contributed by atoms with Gasteiger partial charge in [-0.25, -0.2) is 0 Å². The van der Waals surface area contributed by atoms with Crippen LogP contribution in [0.3, 0.4) is 0 Å². The van der Waals surface area contributed by atoms with E-state index in [0.29, 0.717) is 6.54 Å². The summed E-state index contributed by atoms with van der Waals surface area (Å²) in [6.07, 6.45) is -2.98. The molecule has 0 atom stereocenters. The molecule has 0 aliphatic heterocycles. The van der Waals surface area contributed by atoms with Gasteiger partial charge in [0, 0.05) is 25.4 Å². The minimum Gasteiger partial charge on any atom is -0.484 e. The second kappa shape index (κ2) is 7.89. The number of carbonyl (C=O) groups excluding carboxylic acids is 2. The molecular formula is C16H17F3N4O3. The van der Waals surface area contributed by atoms with E-state index in [2.05, 4.69) is 20.5 Å². The number of nitrogens with zero attached hydrogens (tertiary/aromatic N) is 2. The fourth-order valence-corrected chi connectivity index (χ4v) is 2.05. The topological polar surface area (TPSA) is 85.2 Å². The van der Waals surface area contributed by atoms with Crippen molar-refractivity contribution in [3.63, 3.8) is 0 Å². The van der Waals surface area contributed by atoms with Crippen molar-refractivity contribution in [1.29, 1.82) is 0 Å². The van der Waals surface area contributed by atoms with Crippen molar-refractivity contribution in [2.24, 2.45) is 0 Å². The Kier molecular flexibility index (Phi) is 5.86. The zero-order chi connectivity index (χ0) is 19.3. The van der Waals surface area contributed by atoms with Crippen LogP contribution < -0.4 is 15.4 Å². The predicted octanol–water partition coefficient (Wildman–Crippen LogP) is 2.46. The van der Waals surface area contributed by atoms with E-state index in [1.807, 2.05) is 6.92 Å². The molecule has 2 amide bonds. The monoisotopic (exact) mass is 370 g/mol. The number of aromatic nitrogens is 2. The first kappa shape index (κ1) is 19.3.